The van der Waals surface area contributed by atoms with Gasteiger partial charge in [0.25, 0.3) is 11.7 Å². The molecule has 0 radical (unpaired) electrons. The Morgan fingerprint density at radius 2 is 1.89 bits per heavy atom. The van der Waals surface area contributed by atoms with E-state index in [9.17, 15) is 14.7 Å². The number of nitrogens with zero attached hydrogens (tertiary/aromatic N) is 1. The Balaban J connectivity index is 1.61. The number of hydrogen-bond donors (Lipinski definition) is 1. The van der Waals surface area contributed by atoms with Crippen molar-refractivity contribution >= 4 is 17.4 Å². The Kier molecular flexibility index (Phi) is 6.18. The molecule has 5 rings (SSSR count). The van der Waals surface area contributed by atoms with Crippen LogP contribution < -0.4 is 14.2 Å². The molecule has 3 aromatic rings. The second-order valence-electron chi connectivity index (χ2n) is 8.29. The number of ketones is 1. The first-order chi connectivity index (χ1) is 17.1. The molecule has 0 bridgehead atoms. The zero-order valence-electron chi connectivity index (χ0n) is 19.2. The molecule has 0 aliphatic carbocycles. The van der Waals surface area contributed by atoms with Crippen LogP contribution in [0.3, 0.4) is 0 Å². The Labute approximate surface area is 202 Å². The Hall–Kier alpha value is -4.20. The van der Waals surface area contributed by atoms with Gasteiger partial charge in [0.1, 0.15) is 30.5 Å². The van der Waals surface area contributed by atoms with E-state index in [1.54, 1.807) is 42.5 Å². The minimum Gasteiger partial charge on any atom is -0.507 e. The van der Waals surface area contributed by atoms with Crippen molar-refractivity contribution in [2.75, 3.05) is 19.8 Å². The molecule has 1 aromatic heterocycles. The second kappa shape index (κ2) is 9.58. The Bertz CT molecular complexity index is 1280. The summed E-state index contributed by atoms with van der Waals surface area (Å²) in [7, 11) is 0. The van der Waals surface area contributed by atoms with E-state index in [0.29, 0.717) is 54.0 Å². The van der Waals surface area contributed by atoms with Crippen LogP contribution >= 0.6 is 0 Å². The average molecular weight is 475 g/mol. The smallest absolute Gasteiger partial charge is 0.296 e. The van der Waals surface area contributed by atoms with Crippen molar-refractivity contribution in [3.63, 3.8) is 0 Å². The van der Waals surface area contributed by atoms with Gasteiger partial charge in [0.2, 0.25) is 0 Å². The third-order valence-electron chi connectivity index (χ3n) is 5.91. The van der Waals surface area contributed by atoms with E-state index in [2.05, 4.69) is 0 Å². The van der Waals surface area contributed by atoms with E-state index in [1.807, 2.05) is 19.1 Å². The first-order valence-corrected chi connectivity index (χ1v) is 11.5. The number of aliphatic hydroxyl groups is 1. The molecule has 3 heterocycles. The zero-order valence-corrected chi connectivity index (χ0v) is 19.2. The second-order valence-corrected chi connectivity index (χ2v) is 8.29. The maximum Gasteiger partial charge on any atom is 0.296 e. The van der Waals surface area contributed by atoms with Crippen molar-refractivity contribution < 1.29 is 33.3 Å². The summed E-state index contributed by atoms with van der Waals surface area (Å²) in [4.78, 5) is 27.8. The summed E-state index contributed by atoms with van der Waals surface area (Å²) < 4.78 is 22.4. The lowest BCUT2D eigenvalue weighted by Gasteiger charge is -2.25. The van der Waals surface area contributed by atoms with Gasteiger partial charge in [-0.15, -0.1) is 0 Å². The summed E-state index contributed by atoms with van der Waals surface area (Å²) in [6, 6.07) is 14.8. The van der Waals surface area contributed by atoms with Crippen LogP contribution in [0.4, 0.5) is 0 Å². The first-order valence-electron chi connectivity index (χ1n) is 11.5. The van der Waals surface area contributed by atoms with Gasteiger partial charge in [-0.25, -0.2) is 0 Å². The number of aliphatic hydroxyl groups excluding tert-OH is 1. The van der Waals surface area contributed by atoms with Crippen LogP contribution in [0.5, 0.6) is 17.2 Å². The fourth-order valence-corrected chi connectivity index (χ4v) is 4.30. The molecule has 8 heteroatoms. The highest BCUT2D eigenvalue weighted by atomic mass is 16.6. The van der Waals surface area contributed by atoms with Crippen LogP contribution in [0, 0.1) is 0 Å². The molecule has 1 N–H and O–H groups in total. The molecule has 8 nitrogen and oxygen atoms in total. The standard InChI is InChI=1S/C27H25NO7/c1-2-10-32-19-6-3-5-17(14-19)24-23(26(30)27(31)28(24)16-20-7-4-11-33-20)25(29)18-8-9-21-22(15-18)35-13-12-34-21/h3-9,11,14-15,24,29H,2,10,12-13,16H2,1H3. The SMILES string of the molecule is CCCOc1cccc(C2C(=C(O)c3ccc4c(c3)OCCO4)C(=O)C(=O)N2Cc2ccco2)c1. The summed E-state index contributed by atoms with van der Waals surface area (Å²) in [5, 5.41) is 11.3. The lowest BCUT2D eigenvalue weighted by Crippen LogP contribution is -2.29. The Morgan fingerprint density at radius 1 is 1.06 bits per heavy atom. The van der Waals surface area contributed by atoms with Gasteiger partial charge < -0.3 is 28.6 Å². The number of furan rings is 1. The molecular weight excluding hydrogens is 450 g/mol. The maximum atomic E-state index is 13.3. The fraction of sp³-hybridized carbons (Fsp3) is 0.259. The van der Waals surface area contributed by atoms with Crippen molar-refractivity contribution in [2.24, 2.45) is 0 Å². The lowest BCUT2D eigenvalue weighted by atomic mass is 9.95. The van der Waals surface area contributed by atoms with Crippen molar-refractivity contribution in [1.82, 2.24) is 4.90 Å². The van der Waals surface area contributed by atoms with Gasteiger partial charge in [0.15, 0.2) is 11.5 Å². The van der Waals surface area contributed by atoms with Gasteiger partial charge in [-0.2, -0.15) is 0 Å². The molecule has 1 unspecified atom stereocenters. The van der Waals surface area contributed by atoms with Gasteiger partial charge in [-0.3, -0.25) is 9.59 Å². The van der Waals surface area contributed by atoms with Crippen molar-refractivity contribution in [2.45, 2.75) is 25.9 Å². The fourth-order valence-electron chi connectivity index (χ4n) is 4.30. The van der Waals surface area contributed by atoms with Crippen molar-refractivity contribution in [1.29, 1.82) is 0 Å². The highest BCUT2D eigenvalue weighted by molar-refractivity contribution is 6.46. The van der Waals surface area contributed by atoms with Crippen LogP contribution in [0.25, 0.3) is 5.76 Å². The van der Waals surface area contributed by atoms with Crippen LogP contribution in [-0.2, 0) is 16.1 Å². The van der Waals surface area contributed by atoms with Crippen molar-refractivity contribution in [3.8, 4) is 17.2 Å². The largest absolute Gasteiger partial charge is 0.507 e. The number of amides is 1. The van der Waals surface area contributed by atoms with E-state index in [0.717, 1.165) is 6.42 Å². The number of carbonyl (C=O) groups is 2. The van der Waals surface area contributed by atoms with Crippen LogP contribution in [0.2, 0.25) is 0 Å². The van der Waals surface area contributed by atoms with Crippen molar-refractivity contribution in [3.05, 3.63) is 83.3 Å². The molecule has 2 aliphatic heterocycles. The minimum absolute atomic E-state index is 0.00845. The average Bonchev–Trinajstić information content (AvgIpc) is 3.49. The topological polar surface area (TPSA) is 98.4 Å². The molecule has 0 spiro atoms. The van der Waals surface area contributed by atoms with E-state index < -0.39 is 17.7 Å². The third-order valence-corrected chi connectivity index (χ3v) is 5.91. The normalized spacial score (nSPS) is 18.7. The monoisotopic (exact) mass is 475 g/mol. The van der Waals surface area contributed by atoms with E-state index in [1.165, 1.54) is 11.2 Å². The van der Waals surface area contributed by atoms with Gasteiger partial charge in [0.05, 0.1) is 31.0 Å². The van der Waals surface area contributed by atoms with Gasteiger partial charge in [-0.05, 0) is 54.4 Å². The number of carbonyl (C=O) groups excluding carboxylic acids is 2. The molecule has 35 heavy (non-hydrogen) atoms. The predicted molar refractivity (Wildman–Crippen MR) is 126 cm³/mol. The van der Waals surface area contributed by atoms with Gasteiger partial charge in [-0.1, -0.05) is 19.1 Å². The zero-order chi connectivity index (χ0) is 24.4. The lowest BCUT2D eigenvalue weighted by molar-refractivity contribution is -0.140. The predicted octanol–water partition coefficient (Wildman–Crippen LogP) is 4.46. The number of ether oxygens (including phenoxy) is 3. The number of fused-ring (bicyclic) bond motifs is 1. The summed E-state index contributed by atoms with van der Waals surface area (Å²) in [6.07, 6.45) is 2.35. The number of hydrogen-bond acceptors (Lipinski definition) is 7. The molecule has 180 valence electrons. The summed E-state index contributed by atoms with van der Waals surface area (Å²) >= 11 is 0. The molecular formula is C27H25NO7. The van der Waals surface area contributed by atoms with Crippen LogP contribution in [0.15, 0.2) is 70.9 Å². The number of likely N-dealkylation sites (tertiary alicyclic amines) is 1. The molecule has 1 atom stereocenters. The maximum absolute atomic E-state index is 13.3. The number of benzene rings is 2. The van der Waals surface area contributed by atoms with Gasteiger partial charge >= 0.3 is 0 Å². The quantitative estimate of drug-likeness (QED) is 0.306. The minimum atomic E-state index is -0.835. The third kappa shape index (κ3) is 4.35. The first kappa shape index (κ1) is 22.6. The number of rotatable bonds is 7. The molecule has 1 amide bonds. The molecule has 2 aliphatic rings. The Morgan fingerprint density at radius 3 is 2.66 bits per heavy atom. The molecule has 1 fully saturated rings. The van der Waals surface area contributed by atoms with E-state index >= 15 is 0 Å². The van der Waals surface area contributed by atoms with Crippen LogP contribution in [-0.4, -0.2) is 41.5 Å². The van der Waals surface area contributed by atoms with Gasteiger partial charge in [0, 0.05) is 5.56 Å². The van der Waals surface area contributed by atoms with E-state index in [-0.39, 0.29) is 17.9 Å². The summed E-state index contributed by atoms with van der Waals surface area (Å²) in [5.41, 5.74) is 0.989. The molecule has 1 saturated heterocycles. The summed E-state index contributed by atoms with van der Waals surface area (Å²) in [6.45, 7) is 3.44. The number of Topliss-reactive ketones (excluding diaryl/α,β-unsaturated/α-hetero) is 1. The molecule has 2 aromatic carbocycles. The highest BCUT2D eigenvalue weighted by Crippen LogP contribution is 2.42. The summed E-state index contributed by atoms with van der Waals surface area (Å²) in [5.74, 6) is 0.397. The van der Waals surface area contributed by atoms with E-state index in [4.69, 9.17) is 18.6 Å². The highest BCUT2D eigenvalue weighted by Gasteiger charge is 2.46. The van der Waals surface area contributed by atoms with Crippen LogP contribution in [0.1, 0.15) is 36.3 Å². The molecule has 0 saturated carbocycles.